The van der Waals surface area contributed by atoms with E-state index in [4.69, 9.17) is 19.3 Å². The lowest BCUT2D eigenvalue weighted by Crippen LogP contribution is -2.19. The Morgan fingerprint density at radius 1 is 1.13 bits per heavy atom. The second-order valence-electron chi connectivity index (χ2n) is 3.83. The zero-order chi connectivity index (χ0) is 11.5. The van der Waals surface area contributed by atoms with Crippen molar-refractivity contribution in [3.05, 3.63) is 0 Å². The molecule has 0 aliphatic rings. The molecule has 92 valence electrons. The van der Waals surface area contributed by atoms with E-state index in [0.717, 1.165) is 13.0 Å². The summed E-state index contributed by atoms with van der Waals surface area (Å²) in [5.41, 5.74) is 0. The fourth-order valence-corrected chi connectivity index (χ4v) is 1.15. The van der Waals surface area contributed by atoms with Gasteiger partial charge in [-0.3, -0.25) is 0 Å². The molecule has 0 fully saturated rings. The third-order valence-electron chi connectivity index (χ3n) is 2.06. The molecule has 0 spiro atoms. The first-order valence-electron chi connectivity index (χ1n) is 5.49. The summed E-state index contributed by atoms with van der Waals surface area (Å²) in [5, 5.41) is 8.50. The summed E-state index contributed by atoms with van der Waals surface area (Å²) in [5.74, 6) is 0.475. The molecule has 2 atom stereocenters. The third-order valence-corrected chi connectivity index (χ3v) is 2.06. The molecular weight excluding hydrogens is 196 g/mol. The van der Waals surface area contributed by atoms with Crippen molar-refractivity contribution in [1.82, 2.24) is 0 Å². The predicted molar refractivity (Wildman–Crippen MR) is 59.0 cm³/mol. The van der Waals surface area contributed by atoms with Gasteiger partial charge in [0.15, 0.2) is 0 Å². The Labute approximate surface area is 92.5 Å². The van der Waals surface area contributed by atoms with Crippen LogP contribution in [0.4, 0.5) is 0 Å². The highest BCUT2D eigenvalue weighted by Gasteiger charge is 2.06. The van der Waals surface area contributed by atoms with Gasteiger partial charge >= 0.3 is 0 Å². The lowest BCUT2D eigenvalue weighted by Gasteiger charge is -2.16. The fraction of sp³-hybridized carbons (Fsp3) is 1.00. The molecule has 0 saturated carbocycles. The summed E-state index contributed by atoms with van der Waals surface area (Å²) in [4.78, 5) is 0. The quantitative estimate of drug-likeness (QED) is 0.560. The molecule has 0 bridgehead atoms. The lowest BCUT2D eigenvalue weighted by molar-refractivity contribution is -0.0102. The van der Waals surface area contributed by atoms with E-state index in [0.29, 0.717) is 25.7 Å². The van der Waals surface area contributed by atoms with E-state index in [2.05, 4.69) is 6.92 Å². The molecule has 0 amide bonds. The number of rotatable bonds is 10. The summed E-state index contributed by atoms with van der Waals surface area (Å²) in [6.45, 7) is 6.69. The van der Waals surface area contributed by atoms with Gasteiger partial charge in [-0.1, -0.05) is 6.92 Å². The normalized spacial score (nSPS) is 15.2. The van der Waals surface area contributed by atoms with Gasteiger partial charge < -0.3 is 19.3 Å². The minimum atomic E-state index is 0.0930. The first-order valence-corrected chi connectivity index (χ1v) is 5.49. The molecule has 0 heterocycles. The van der Waals surface area contributed by atoms with Gasteiger partial charge in [-0.05, 0) is 19.3 Å². The molecule has 0 aliphatic heterocycles. The third kappa shape index (κ3) is 10.1. The molecular formula is C11H24O4. The highest BCUT2D eigenvalue weighted by atomic mass is 16.5. The lowest BCUT2D eigenvalue weighted by atomic mass is 10.1. The van der Waals surface area contributed by atoms with Gasteiger partial charge in [-0.15, -0.1) is 0 Å². The molecule has 1 N–H and O–H groups in total. The average Bonchev–Trinajstić information content (AvgIpc) is 2.22. The standard InChI is InChI=1S/C11H24O4/c1-10(4-6-14-7-5-12)8-15-11(2)9-13-3/h10-12H,4-9H2,1-3H3. The van der Waals surface area contributed by atoms with E-state index < -0.39 is 0 Å². The minimum Gasteiger partial charge on any atom is -0.394 e. The second-order valence-corrected chi connectivity index (χ2v) is 3.83. The highest BCUT2D eigenvalue weighted by Crippen LogP contribution is 2.04. The number of aliphatic hydroxyl groups is 1. The molecule has 0 saturated heterocycles. The Hall–Kier alpha value is -0.160. The Morgan fingerprint density at radius 2 is 1.87 bits per heavy atom. The average molecular weight is 220 g/mol. The molecule has 0 rings (SSSR count). The summed E-state index contributed by atoms with van der Waals surface area (Å²) in [6, 6.07) is 0. The first-order chi connectivity index (χ1) is 7.20. The van der Waals surface area contributed by atoms with Gasteiger partial charge in [-0.25, -0.2) is 0 Å². The van der Waals surface area contributed by atoms with Crippen LogP contribution in [0.25, 0.3) is 0 Å². The summed E-state index contributed by atoms with van der Waals surface area (Å²) in [7, 11) is 1.67. The maximum atomic E-state index is 8.50. The van der Waals surface area contributed by atoms with E-state index >= 15 is 0 Å². The van der Waals surface area contributed by atoms with Crippen LogP contribution in [0, 0.1) is 5.92 Å². The molecule has 0 aliphatic carbocycles. The highest BCUT2D eigenvalue weighted by molar-refractivity contribution is 4.53. The van der Waals surface area contributed by atoms with E-state index in [1.165, 1.54) is 0 Å². The zero-order valence-corrected chi connectivity index (χ0v) is 10.1. The topological polar surface area (TPSA) is 47.9 Å². The fourth-order valence-electron chi connectivity index (χ4n) is 1.15. The number of hydrogen-bond acceptors (Lipinski definition) is 4. The van der Waals surface area contributed by atoms with Crippen molar-refractivity contribution in [2.45, 2.75) is 26.4 Å². The van der Waals surface area contributed by atoms with Crippen molar-refractivity contribution < 1.29 is 19.3 Å². The van der Waals surface area contributed by atoms with Gasteiger partial charge in [-0.2, -0.15) is 0 Å². The van der Waals surface area contributed by atoms with Crippen LogP contribution in [0.15, 0.2) is 0 Å². The maximum absolute atomic E-state index is 8.50. The maximum Gasteiger partial charge on any atom is 0.0780 e. The summed E-state index contributed by atoms with van der Waals surface area (Å²) in [6.07, 6.45) is 1.11. The molecule has 2 unspecified atom stereocenters. The molecule has 0 radical (unpaired) electrons. The molecule has 0 aromatic carbocycles. The minimum absolute atomic E-state index is 0.0930. The molecule has 0 aromatic heterocycles. The van der Waals surface area contributed by atoms with Crippen LogP contribution in [0.2, 0.25) is 0 Å². The Kier molecular flexibility index (Phi) is 10.3. The summed E-state index contributed by atoms with van der Waals surface area (Å²) >= 11 is 0. The van der Waals surface area contributed by atoms with Crippen molar-refractivity contribution in [2.24, 2.45) is 5.92 Å². The SMILES string of the molecule is COCC(C)OCC(C)CCOCCO. The van der Waals surface area contributed by atoms with Crippen LogP contribution in [0.1, 0.15) is 20.3 Å². The number of methoxy groups -OCH3 is 1. The van der Waals surface area contributed by atoms with Crippen molar-refractivity contribution in [3.8, 4) is 0 Å². The Morgan fingerprint density at radius 3 is 2.47 bits per heavy atom. The van der Waals surface area contributed by atoms with E-state index in [-0.39, 0.29) is 12.7 Å². The van der Waals surface area contributed by atoms with Crippen molar-refractivity contribution in [1.29, 1.82) is 0 Å². The van der Waals surface area contributed by atoms with Crippen LogP contribution < -0.4 is 0 Å². The molecule has 4 heteroatoms. The Bertz CT molecular complexity index is 130. The van der Waals surface area contributed by atoms with Crippen LogP contribution >= 0.6 is 0 Å². The Balaban J connectivity index is 3.28. The van der Waals surface area contributed by atoms with Gasteiger partial charge in [0, 0.05) is 20.3 Å². The first kappa shape index (κ1) is 14.8. The zero-order valence-electron chi connectivity index (χ0n) is 10.1. The van der Waals surface area contributed by atoms with Crippen molar-refractivity contribution in [3.63, 3.8) is 0 Å². The van der Waals surface area contributed by atoms with Crippen molar-refractivity contribution in [2.75, 3.05) is 40.1 Å². The van der Waals surface area contributed by atoms with Gasteiger partial charge in [0.1, 0.15) is 0 Å². The van der Waals surface area contributed by atoms with Crippen LogP contribution in [0.5, 0.6) is 0 Å². The summed E-state index contributed by atoms with van der Waals surface area (Å²) < 4.78 is 15.7. The largest absolute Gasteiger partial charge is 0.394 e. The predicted octanol–water partition coefficient (Wildman–Crippen LogP) is 1.07. The van der Waals surface area contributed by atoms with Crippen molar-refractivity contribution >= 4 is 0 Å². The molecule has 4 nitrogen and oxygen atoms in total. The number of ether oxygens (including phenoxy) is 3. The van der Waals surface area contributed by atoms with E-state index in [9.17, 15) is 0 Å². The van der Waals surface area contributed by atoms with Crippen LogP contribution in [-0.4, -0.2) is 51.4 Å². The molecule has 0 aromatic rings. The second kappa shape index (κ2) is 10.4. The smallest absolute Gasteiger partial charge is 0.0780 e. The van der Waals surface area contributed by atoms with E-state index in [1.54, 1.807) is 7.11 Å². The molecule has 15 heavy (non-hydrogen) atoms. The van der Waals surface area contributed by atoms with Crippen LogP contribution in [-0.2, 0) is 14.2 Å². The monoisotopic (exact) mass is 220 g/mol. The number of aliphatic hydroxyl groups excluding tert-OH is 1. The van der Waals surface area contributed by atoms with Crippen LogP contribution in [0.3, 0.4) is 0 Å². The van der Waals surface area contributed by atoms with Gasteiger partial charge in [0.2, 0.25) is 0 Å². The van der Waals surface area contributed by atoms with E-state index in [1.807, 2.05) is 6.92 Å². The number of hydrogen-bond donors (Lipinski definition) is 1. The van der Waals surface area contributed by atoms with Gasteiger partial charge in [0.05, 0.1) is 25.9 Å². The van der Waals surface area contributed by atoms with Gasteiger partial charge in [0.25, 0.3) is 0 Å².